The molecule has 6 heteroatoms. The number of hydrogen-bond acceptors (Lipinski definition) is 2. The van der Waals surface area contributed by atoms with Crippen LogP contribution in [0, 0.1) is 12.7 Å². The van der Waals surface area contributed by atoms with Crippen molar-refractivity contribution >= 4 is 21.6 Å². The second-order valence-corrected chi connectivity index (χ2v) is 6.80. The topological polar surface area (TPSA) is 37.4 Å². The van der Waals surface area contributed by atoms with E-state index < -0.39 is 15.8 Å². The van der Waals surface area contributed by atoms with Crippen LogP contribution in [0.5, 0.6) is 0 Å². The lowest BCUT2D eigenvalue weighted by Crippen LogP contribution is -2.28. The molecule has 0 atom stereocenters. The SMILES string of the molecule is CCCCN(C)S(=O)(=O)c1cc(CCl)cc(F)c1C. The van der Waals surface area contributed by atoms with Gasteiger partial charge in [-0.2, -0.15) is 0 Å². The van der Waals surface area contributed by atoms with E-state index in [-0.39, 0.29) is 16.3 Å². The van der Waals surface area contributed by atoms with Crippen LogP contribution in [0.15, 0.2) is 17.0 Å². The number of unbranched alkanes of at least 4 members (excludes halogenated alkanes) is 1. The molecule has 0 fully saturated rings. The van der Waals surface area contributed by atoms with E-state index in [0.29, 0.717) is 12.1 Å². The second-order valence-electron chi connectivity index (χ2n) is 4.51. The zero-order chi connectivity index (χ0) is 14.6. The highest BCUT2D eigenvalue weighted by atomic mass is 35.5. The lowest BCUT2D eigenvalue weighted by molar-refractivity contribution is 0.458. The maximum Gasteiger partial charge on any atom is 0.243 e. The fourth-order valence-corrected chi connectivity index (χ4v) is 3.37. The van der Waals surface area contributed by atoms with Crippen LogP contribution in [-0.2, 0) is 15.9 Å². The van der Waals surface area contributed by atoms with E-state index in [0.717, 1.165) is 12.8 Å². The third-order valence-corrected chi connectivity index (χ3v) is 5.32. The van der Waals surface area contributed by atoms with Crippen molar-refractivity contribution in [2.24, 2.45) is 0 Å². The molecule has 108 valence electrons. The van der Waals surface area contributed by atoms with Crippen molar-refractivity contribution in [1.29, 1.82) is 0 Å². The molecular formula is C13H19ClFNO2S. The van der Waals surface area contributed by atoms with Gasteiger partial charge in [0.25, 0.3) is 0 Å². The number of alkyl halides is 1. The van der Waals surface area contributed by atoms with Crippen LogP contribution < -0.4 is 0 Å². The van der Waals surface area contributed by atoms with Gasteiger partial charge in [0.15, 0.2) is 0 Å². The van der Waals surface area contributed by atoms with Crippen molar-refractivity contribution < 1.29 is 12.8 Å². The van der Waals surface area contributed by atoms with Gasteiger partial charge in [0, 0.05) is 25.0 Å². The first-order valence-corrected chi connectivity index (χ1v) is 8.13. The third kappa shape index (κ3) is 3.68. The summed E-state index contributed by atoms with van der Waals surface area (Å²) in [6.07, 6.45) is 1.67. The Kier molecular flexibility index (Phi) is 5.77. The van der Waals surface area contributed by atoms with Gasteiger partial charge in [-0.25, -0.2) is 17.1 Å². The first-order valence-electron chi connectivity index (χ1n) is 6.16. The Morgan fingerprint density at radius 3 is 2.53 bits per heavy atom. The fourth-order valence-electron chi connectivity index (χ4n) is 1.72. The summed E-state index contributed by atoms with van der Waals surface area (Å²) in [7, 11) is -2.15. The minimum Gasteiger partial charge on any atom is -0.207 e. The van der Waals surface area contributed by atoms with Gasteiger partial charge in [0.05, 0.1) is 4.90 Å². The molecule has 0 saturated heterocycles. The number of nitrogens with zero attached hydrogens (tertiary/aromatic N) is 1. The van der Waals surface area contributed by atoms with Crippen LogP contribution in [-0.4, -0.2) is 26.3 Å². The normalized spacial score (nSPS) is 12.1. The molecule has 0 aromatic heterocycles. The summed E-state index contributed by atoms with van der Waals surface area (Å²) in [5, 5.41) is 0. The van der Waals surface area contributed by atoms with Crippen molar-refractivity contribution in [1.82, 2.24) is 4.31 Å². The number of benzene rings is 1. The van der Waals surface area contributed by atoms with Crippen LogP contribution in [0.2, 0.25) is 0 Å². The molecule has 0 aliphatic rings. The highest BCUT2D eigenvalue weighted by molar-refractivity contribution is 7.89. The van der Waals surface area contributed by atoms with E-state index in [1.54, 1.807) is 0 Å². The lowest BCUT2D eigenvalue weighted by atomic mass is 10.1. The number of sulfonamides is 1. The molecular weight excluding hydrogens is 289 g/mol. The molecule has 3 nitrogen and oxygen atoms in total. The predicted octanol–water partition coefficient (Wildman–Crippen LogP) is 3.29. The highest BCUT2D eigenvalue weighted by Crippen LogP contribution is 2.24. The summed E-state index contributed by atoms with van der Waals surface area (Å²) < 4.78 is 39.8. The molecule has 0 radical (unpaired) electrons. The first kappa shape index (κ1) is 16.4. The van der Waals surface area contributed by atoms with Crippen LogP contribution in [0.4, 0.5) is 4.39 Å². The molecule has 0 heterocycles. The first-order chi connectivity index (χ1) is 8.84. The molecule has 0 aliphatic carbocycles. The van der Waals surface area contributed by atoms with E-state index in [4.69, 9.17) is 11.6 Å². The Balaban J connectivity index is 3.24. The summed E-state index contributed by atoms with van der Waals surface area (Å²) in [6, 6.07) is 2.72. The molecule has 0 amide bonds. The molecule has 0 saturated carbocycles. The van der Waals surface area contributed by atoms with E-state index in [1.807, 2.05) is 6.92 Å². The zero-order valence-corrected chi connectivity index (χ0v) is 13.0. The minimum absolute atomic E-state index is 0.00162. The molecule has 0 aliphatic heterocycles. The Bertz CT molecular complexity index is 546. The summed E-state index contributed by atoms with van der Waals surface area (Å²) in [6.45, 7) is 3.87. The van der Waals surface area contributed by atoms with Crippen LogP contribution in [0.25, 0.3) is 0 Å². The average Bonchev–Trinajstić information content (AvgIpc) is 2.38. The summed E-state index contributed by atoms with van der Waals surface area (Å²) >= 11 is 5.66. The molecule has 1 rings (SSSR count). The Hall–Kier alpha value is -0.650. The Labute approximate surface area is 119 Å². The van der Waals surface area contributed by atoms with Crippen molar-refractivity contribution in [3.05, 3.63) is 29.1 Å². The van der Waals surface area contributed by atoms with Gasteiger partial charge in [-0.05, 0) is 31.0 Å². The summed E-state index contributed by atoms with van der Waals surface area (Å²) in [5.41, 5.74) is 0.601. The Morgan fingerprint density at radius 1 is 1.37 bits per heavy atom. The van der Waals surface area contributed by atoms with Crippen molar-refractivity contribution in [2.45, 2.75) is 37.5 Å². The summed E-state index contributed by atoms with van der Waals surface area (Å²) in [5.74, 6) is -0.459. The average molecular weight is 308 g/mol. The number of hydrogen-bond donors (Lipinski definition) is 0. The lowest BCUT2D eigenvalue weighted by Gasteiger charge is -2.19. The summed E-state index contributed by atoms with van der Waals surface area (Å²) in [4.78, 5) is 0.00162. The van der Waals surface area contributed by atoms with Gasteiger partial charge < -0.3 is 0 Å². The molecule has 1 aromatic rings. The van der Waals surface area contributed by atoms with E-state index in [1.165, 1.54) is 30.4 Å². The molecule has 0 bridgehead atoms. The van der Waals surface area contributed by atoms with Crippen LogP contribution >= 0.6 is 11.6 Å². The van der Waals surface area contributed by atoms with Crippen molar-refractivity contribution in [3.63, 3.8) is 0 Å². The van der Waals surface area contributed by atoms with E-state index in [2.05, 4.69) is 0 Å². The smallest absolute Gasteiger partial charge is 0.207 e. The maximum atomic E-state index is 13.7. The standard InChI is InChI=1S/C13H19ClFNO2S/c1-4-5-6-16(3)19(17,18)13-8-11(9-14)7-12(15)10(13)2/h7-8H,4-6,9H2,1-3H3. The quantitative estimate of drug-likeness (QED) is 0.756. The van der Waals surface area contributed by atoms with E-state index >= 15 is 0 Å². The molecule has 0 spiro atoms. The van der Waals surface area contributed by atoms with Gasteiger partial charge in [-0.15, -0.1) is 11.6 Å². The van der Waals surface area contributed by atoms with E-state index in [9.17, 15) is 12.8 Å². The van der Waals surface area contributed by atoms with Gasteiger partial charge >= 0.3 is 0 Å². The van der Waals surface area contributed by atoms with Crippen LogP contribution in [0.3, 0.4) is 0 Å². The second kappa shape index (κ2) is 6.68. The maximum absolute atomic E-state index is 13.7. The Morgan fingerprint density at radius 2 is 2.00 bits per heavy atom. The molecule has 19 heavy (non-hydrogen) atoms. The number of rotatable bonds is 6. The minimum atomic E-state index is -3.66. The highest BCUT2D eigenvalue weighted by Gasteiger charge is 2.24. The van der Waals surface area contributed by atoms with Gasteiger partial charge in [-0.1, -0.05) is 13.3 Å². The molecule has 1 aromatic carbocycles. The number of halogens is 2. The van der Waals surface area contributed by atoms with Gasteiger partial charge in [0.2, 0.25) is 10.0 Å². The molecule has 0 N–H and O–H groups in total. The third-order valence-electron chi connectivity index (χ3n) is 3.03. The van der Waals surface area contributed by atoms with Crippen molar-refractivity contribution in [2.75, 3.05) is 13.6 Å². The largest absolute Gasteiger partial charge is 0.243 e. The van der Waals surface area contributed by atoms with Gasteiger partial charge in [-0.3, -0.25) is 0 Å². The van der Waals surface area contributed by atoms with Gasteiger partial charge in [0.1, 0.15) is 5.82 Å². The van der Waals surface area contributed by atoms with Crippen molar-refractivity contribution in [3.8, 4) is 0 Å². The zero-order valence-electron chi connectivity index (χ0n) is 11.4. The predicted molar refractivity (Wildman–Crippen MR) is 75.4 cm³/mol. The fraction of sp³-hybridized carbons (Fsp3) is 0.538. The van der Waals surface area contributed by atoms with Crippen LogP contribution in [0.1, 0.15) is 30.9 Å². The molecule has 0 unspecified atom stereocenters. The monoisotopic (exact) mass is 307 g/mol.